The van der Waals surface area contributed by atoms with Gasteiger partial charge in [0, 0.05) is 18.2 Å². The molecule has 0 radical (unpaired) electrons. The van der Waals surface area contributed by atoms with E-state index in [-0.39, 0.29) is 23.5 Å². The van der Waals surface area contributed by atoms with Crippen LogP contribution >= 0.6 is 0 Å². The molecule has 1 aliphatic rings. The third-order valence-electron chi connectivity index (χ3n) is 3.96. The first-order chi connectivity index (χ1) is 12.5. The van der Waals surface area contributed by atoms with Crippen molar-refractivity contribution in [1.82, 2.24) is 16.3 Å². The molecular formula is C17H16FN5O3. The number of halogens is 1. The first-order valence-corrected chi connectivity index (χ1v) is 7.87. The number of benzene rings is 2. The molecule has 2 unspecified atom stereocenters. The largest absolute Gasteiger partial charge is 0.271 e. The zero-order valence-corrected chi connectivity index (χ0v) is 13.6. The average molecular weight is 357 g/mol. The summed E-state index contributed by atoms with van der Waals surface area (Å²) in [6.07, 6.45) is 1.83. The van der Waals surface area contributed by atoms with Crippen LogP contribution < -0.4 is 16.3 Å². The van der Waals surface area contributed by atoms with Crippen LogP contribution in [0.2, 0.25) is 0 Å². The normalized spacial score (nSPS) is 19.6. The first-order valence-electron chi connectivity index (χ1n) is 7.87. The summed E-state index contributed by atoms with van der Waals surface area (Å²) in [5, 5.41) is 14.7. The first kappa shape index (κ1) is 17.6. The van der Waals surface area contributed by atoms with Gasteiger partial charge < -0.3 is 0 Å². The van der Waals surface area contributed by atoms with Gasteiger partial charge in [-0.2, -0.15) is 5.10 Å². The van der Waals surface area contributed by atoms with Crippen LogP contribution in [0, 0.1) is 15.9 Å². The predicted octanol–water partition coefficient (Wildman–Crippen LogP) is 1.79. The summed E-state index contributed by atoms with van der Waals surface area (Å²) in [5.41, 5.74) is 9.60. The molecule has 1 amide bonds. The van der Waals surface area contributed by atoms with Crippen molar-refractivity contribution in [1.29, 1.82) is 0 Å². The number of carbonyl (C=O) groups is 1. The van der Waals surface area contributed by atoms with Crippen LogP contribution in [-0.2, 0) is 4.79 Å². The van der Waals surface area contributed by atoms with Gasteiger partial charge in [0.05, 0.1) is 11.1 Å². The van der Waals surface area contributed by atoms with Crippen LogP contribution in [0.25, 0.3) is 0 Å². The molecule has 0 spiro atoms. The molecule has 2 atom stereocenters. The Morgan fingerprint density at radius 3 is 2.77 bits per heavy atom. The molecule has 1 fully saturated rings. The lowest BCUT2D eigenvalue weighted by Gasteiger charge is -2.09. The summed E-state index contributed by atoms with van der Waals surface area (Å²) in [4.78, 5) is 22.6. The Hall–Kier alpha value is -3.17. The maximum atomic E-state index is 12.8. The highest BCUT2D eigenvalue weighted by Crippen LogP contribution is 2.25. The molecule has 1 heterocycles. The van der Waals surface area contributed by atoms with Crippen LogP contribution in [0.15, 0.2) is 53.6 Å². The van der Waals surface area contributed by atoms with E-state index in [4.69, 9.17) is 0 Å². The number of non-ortho nitro benzene ring substituents is 1. The zero-order valence-electron chi connectivity index (χ0n) is 13.6. The molecule has 0 bridgehead atoms. The molecule has 1 saturated heterocycles. The van der Waals surface area contributed by atoms with Crippen LogP contribution in [0.3, 0.4) is 0 Å². The molecule has 0 saturated carbocycles. The monoisotopic (exact) mass is 357 g/mol. The van der Waals surface area contributed by atoms with E-state index in [1.807, 2.05) is 0 Å². The third-order valence-corrected chi connectivity index (χ3v) is 3.96. The lowest BCUT2D eigenvalue weighted by atomic mass is 10.0. The maximum Gasteiger partial charge on any atom is 0.269 e. The number of hydrogen-bond donors (Lipinski definition) is 3. The van der Waals surface area contributed by atoms with E-state index in [1.165, 1.54) is 30.5 Å². The summed E-state index contributed by atoms with van der Waals surface area (Å²) in [6.45, 7) is 0. The lowest BCUT2D eigenvalue weighted by Crippen LogP contribution is -2.41. The average Bonchev–Trinajstić information content (AvgIpc) is 3.14. The molecule has 3 N–H and O–H groups in total. The number of hydrazine groups is 1. The Bertz CT molecular complexity index is 841. The van der Waals surface area contributed by atoms with Gasteiger partial charge in [0.2, 0.25) is 0 Å². The smallest absolute Gasteiger partial charge is 0.269 e. The van der Waals surface area contributed by atoms with Crippen molar-refractivity contribution in [2.45, 2.75) is 18.5 Å². The second kappa shape index (κ2) is 7.81. The van der Waals surface area contributed by atoms with Crippen molar-refractivity contribution in [3.8, 4) is 0 Å². The van der Waals surface area contributed by atoms with E-state index in [9.17, 15) is 19.3 Å². The van der Waals surface area contributed by atoms with E-state index in [0.29, 0.717) is 12.0 Å². The third kappa shape index (κ3) is 4.26. The van der Waals surface area contributed by atoms with E-state index < -0.39 is 11.0 Å². The van der Waals surface area contributed by atoms with Gasteiger partial charge in [-0.05, 0) is 29.7 Å². The standard InChI is InChI=1S/C17H16FN5O3/c18-13-6-4-11(5-7-13)10-19-22-17(24)16-9-15(20-21-16)12-2-1-3-14(8-12)23(25)26/h1-8,10,15-16,20-21H,9H2,(H,22,24)/b19-10+. The van der Waals surface area contributed by atoms with E-state index in [0.717, 1.165) is 5.56 Å². The molecule has 0 aromatic heterocycles. The number of hydrogen-bond acceptors (Lipinski definition) is 6. The molecule has 8 nitrogen and oxygen atoms in total. The minimum atomic E-state index is -0.537. The Labute approximate surface area is 148 Å². The van der Waals surface area contributed by atoms with Gasteiger partial charge in [-0.25, -0.2) is 20.7 Å². The Morgan fingerprint density at radius 2 is 2.04 bits per heavy atom. The van der Waals surface area contributed by atoms with Crippen molar-refractivity contribution < 1.29 is 14.1 Å². The number of nitro benzene ring substituents is 1. The number of nitrogens with one attached hydrogen (secondary N) is 3. The number of hydrazone groups is 1. The molecule has 2 aromatic rings. The van der Waals surface area contributed by atoms with Gasteiger partial charge in [-0.1, -0.05) is 24.3 Å². The fourth-order valence-corrected chi connectivity index (χ4v) is 2.60. The van der Waals surface area contributed by atoms with Gasteiger partial charge in [0.15, 0.2) is 0 Å². The number of nitro groups is 1. The van der Waals surface area contributed by atoms with E-state index in [2.05, 4.69) is 21.4 Å². The topological polar surface area (TPSA) is 109 Å². The second-order valence-electron chi connectivity index (χ2n) is 5.77. The molecule has 1 aliphatic heterocycles. The number of rotatable bonds is 5. The fourth-order valence-electron chi connectivity index (χ4n) is 2.60. The van der Waals surface area contributed by atoms with Gasteiger partial charge in [-0.15, -0.1) is 0 Å². The van der Waals surface area contributed by atoms with Gasteiger partial charge in [-0.3, -0.25) is 14.9 Å². The number of nitrogens with zero attached hydrogens (tertiary/aromatic N) is 2. The molecule has 26 heavy (non-hydrogen) atoms. The highest BCUT2D eigenvalue weighted by Gasteiger charge is 2.30. The van der Waals surface area contributed by atoms with Crippen molar-refractivity contribution in [3.63, 3.8) is 0 Å². The summed E-state index contributed by atoms with van der Waals surface area (Å²) >= 11 is 0. The number of carbonyl (C=O) groups excluding carboxylic acids is 1. The Morgan fingerprint density at radius 1 is 1.27 bits per heavy atom. The zero-order chi connectivity index (χ0) is 18.5. The van der Waals surface area contributed by atoms with E-state index >= 15 is 0 Å². The van der Waals surface area contributed by atoms with Crippen molar-refractivity contribution in [2.24, 2.45) is 5.10 Å². The highest BCUT2D eigenvalue weighted by molar-refractivity contribution is 5.85. The summed E-state index contributed by atoms with van der Waals surface area (Å²) in [7, 11) is 0. The molecule has 9 heteroatoms. The van der Waals surface area contributed by atoms with Crippen LogP contribution in [0.1, 0.15) is 23.6 Å². The second-order valence-corrected chi connectivity index (χ2v) is 5.77. The molecular weight excluding hydrogens is 341 g/mol. The summed E-state index contributed by atoms with van der Waals surface area (Å²) < 4.78 is 12.8. The van der Waals surface area contributed by atoms with Crippen molar-refractivity contribution in [3.05, 3.63) is 75.6 Å². The minimum absolute atomic E-state index is 0.00102. The predicted molar refractivity (Wildman–Crippen MR) is 92.7 cm³/mol. The maximum absolute atomic E-state index is 12.8. The highest BCUT2D eigenvalue weighted by atomic mass is 19.1. The lowest BCUT2D eigenvalue weighted by molar-refractivity contribution is -0.384. The summed E-state index contributed by atoms with van der Waals surface area (Å²) in [5.74, 6) is -0.691. The van der Waals surface area contributed by atoms with Gasteiger partial charge in [0.1, 0.15) is 11.9 Å². The molecule has 3 rings (SSSR count). The van der Waals surface area contributed by atoms with Gasteiger partial charge >= 0.3 is 0 Å². The Kier molecular flexibility index (Phi) is 5.30. The minimum Gasteiger partial charge on any atom is -0.271 e. The quantitative estimate of drug-likeness (QED) is 0.429. The van der Waals surface area contributed by atoms with Crippen molar-refractivity contribution >= 4 is 17.8 Å². The van der Waals surface area contributed by atoms with Gasteiger partial charge in [0.25, 0.3) is 11.6 Å². The molecule has 2 aromatic carbocycles. The summed E-state index contributed by atoms with van der Waals surface area (Å²) in [6, 6.07) is 11.2. The molecule has 134 valence electrons. The van der Waals surface area contributed by atoms with E-state index in [1.54, 1.807) is 24.3 Å². The van der Waals surface area contributed by atoms with Crippen LogP contribution in [0.4, 0.5) is 10.1 Å². The number of amides is 1. The van der Waals surface area contributed by atoms with Crippen LogP contribution in [-0.4, -0.2) is 23.1 Å². The van der Waals surface area contributed by atoms with Crippen molar-refractivity contribution in [2.75, 3.05) is 0 Å². The van der Waals surface area contributed by atoms with Crippen LogP contribution in [0.5, 0.6) is 0 Å². The Balaban J connectivity index is 1.56. The molecule has 0 aliphatic carbocycles. The fraction of sp³-hybridized carbons (Fsp3) is 0.176. The SMILES string of the molecule is O=C(N/N=C/c1ccc(F)cc1)C1CC(c2cccc([N+](=O)[O-])c2)NN1.